The number of nitrogens with zero attached hydrogens (tertiary/aromatic N) is 2. The number of anilines is 1. The van der Waals surface area contributed by atoms with Crippen molar-refractivity contribution in [1.82, 2.24) is 4.57 Å². The molecule has 0 radical (unpaired) electrons. The van der Waals surface area contributed by atoms with Gasteiger partial charge >= 0.3 is 0 Å². The molecule has 0 spiro atoms. The second-order valence-electron chi connectivity index (χ2n) is 5.17. The summed E-state index contributed by atoms with van der Waals surface area (Å²) in [6.45, 7) is 1.61. The number of nitriles is 1. The van der Waals surface area contributed by atoms with Crippen molar-refractivity contribution in [2.75, 3.05) is 5.32 Å². The quantitative estimate of drug-likeness (QED) is 0.431. The molecule has 124 valence electrons. The highest BCUT2D eigenvalue weighted by Gasteiger charge is 2.23. The van der Waals surface area contributed by atoms with E-state index in [1.165, 1.54) is 22.8 Å². The van der Waals surface area contributed by atoms with E-state index in [1.807, 2.05) is 0 Å². The van der Waals surface area contributed by atoms with Crippen molar-refractivity contribution < 1.29 is 19.1 Å². The Morgan fingerprint density at radius 2 is 2.08 bits per heavy atom. The van der Waals surface area contributed by atoms with Crippen LogP contribution in [0.2, 0.25) is 0 Å². The Balaban J connectivity index is 2.32. The number of hydrogen-bond acceptors (Lipinski definition) is 5. The second kappa shape index (κ2) is 6.52. The van der Waals surface area contributed by atoms with Gasteiger partial charge in [-0.1, -0.05) is 0 Å². The molecule has 2 aromatic rings. The molecule has 0 saturated carbocycles. The lowest BCUT2D eigenvalue weighted by molar-refractivity contribution is -0.114. The minimum Gasteiger partial charge on any atom is -0.368 e. The number of halogens is 1. The van der Waals surface area contributed by atoms with Crippen molar-refractivity contribution in [2.45, 2.75) is 13.2 Å². The highest BCUT2D eigenvalue weighted by molar-refractivity contribution is 6.42. The van der Waals surface area contributed by atoms with Crippen LogP contribution in [0.5, 0.6) is 0 Å². The number of nitrogens with two attached hydrogens (primary N) is 1. The lowest BCUT2D eigenvalue weighted by Gasteiger charge is -2.16. The number of aliphatic hydroxyl groups excluding tert-OH is 1. The number of nitrogens with one attached hydrogen (secondary N) is 1. The molecule has 7 nitrogen and oxygen atoms in total. The van der Waals surface area contributed by atoms with Crippen molar-refractivity contribution in [3.8, 4) is 6.07 Å². The first-order valence-electron chi connectivity index (χ1n) is 6.90. The average molecular weight is 330 g/mol. The number of aromatic nitrogens is 1. The number of ketones is 1. The van der Waals surface area contributed by atoms with Crippen LogP contribution in [0.25, 0.3) is 0 Å². The summed E-state index contributed by atoms with van der Waals surface area (Å²) in [5.41, 5.74) is 6.02. The van der Waals surface area contributed by atoms with Gasteiger partial charge in [-0.25, -0.2) is 4.39 Å². The zero-order chi connectivity index (χ0) is 18.0. The predicted molar refractivity (Wildman–Crippen MR) is 83.4 cm³/mol. The number of hydrogen-bond donors (Lipinski definition) is 3. The number of Topliss-reactive ketones (excluding diaryl/α,β-unsaturated/α-hetero) is 1. The molecule has 1 heterocycles. The first kappa shape index (κ1) is 17.2. The Bertz CT molecular complexity index is 867. The van der Waals surface area contributed by atoms with Gasteiger partial charge in [-0.15, -0.1) is 0 Å². The molecule has 24 heavy (non-hydrogen) atoms. The summed E-state index contributed by atoms with van der Waals surface area (Å²) in [6.07, 6.45) is -1.25. The number of primary amides is 1. The van der Waals surface area contributed by atoms with Gasteiger partial charge in [-0.05, 0) is 31.2 Å². The Morgan fingerprint density at radius 3 is 2.67 bits per heavy atom. The van der Waals surface area contributed by atoms with Gasteiger partial charge in [0.15, 0.2) is 6.23 Å². The van der Waals surface area contributed by atoms with Gasteiger partial charge in [-0.3, -0.25) is 9.59 Å². The number of benzene rings is 1. The molecule has 1 atom stereocenters. The Hall–Kier alpha value is -3.18. The molecule has 0 saturated heterocycles. The van der Waals surface area contributed by atoms with Crippen molar-refractivity contribution >= 4 is 17.4 Å². The molecule has 1 unspecified atom stereocenters. The van der Waals surface area contributed by atoms with E-state index < -0.39 is 23.7 Å². The minimum absolute atomic E-state index is 0.0951. The van der Waals surface area contributed by atoms with Gasteiger partial charge in [0.2, 0.25) is 0 Å². The van der Waals surface area contributed by atoms with E-state index in [0.717, 1.165) is 6.07 Å². The SMILES string of the molecule is Cc1c(C(=O)C(N)=O)cc(C(O)Nc2ccc(F)c(C#N)c2)n1C. The van der Waals surface area contributed by atoms with E-state index in [0.29, 0.717) is 17.1 Å². The number of rotatable bonds is 5. The van der Waals surface area contributed by atoms with Crippen LogP contribution >= 0.6 is 0 Å². The Labute approximate surface area is 137 Å². The summed E-state index contributed by atoms with van der Waals surface area (Å²) >= 11 is 0. The first-order chi connectivity index (χ1) is 11.3. The molecular formula is C16H15FN4O3. The van der Waals surface area contributed by atoms with Crippen molar-refractivity contribution in [3.05, 3.63) is 52.6 Å². The maximum atomic E-state index is 13.3. The molecular weight excluding hydrogens is 315 g/mol. The fraction of sp³-hybridized carbons (Fsp3) is 0.188. The van der Waals surface area contributed by atoms with Gasteiger partial charge in [-0.2, -0.15) is 5.26 Å². The van der Waals surface area contributed by atoms with Crippen LogP contribution in [0.15, 0.2) is 24.3 Å². The zero-order valence-corrected chi connectivity index (χ0v) is 13.0. The summed E-state index contributed by atoms with van der Waals surface area (Å²) in [5, 5.41) is 21.8. The monoisotopic (exact) mass is 330 g/mol. The first-order valence-corrected chi connectivity index (χ1v) is 6.90. The molecule has 1 amide bonds. The van der Waals surface area contributed by atoms with Crippen molar-refractivity contribution in [3.63, 3.8) is 0 Å². The van der Waals surface area contributed by atoms with Crippen LogP contribution in [0.4, 0.5) is 10.1 Å². The van der Waals surface area contributed by atoms with Crippen LogP contribution in [-0.4, -0.2) is 21.4 Å². The molecule has 0 aliphatic rings. The van der Waals surface area contributed by atoms with Gasteiger partial charge in [0.05, 0.1) is 11.3 Å². The van der Waals surface area contributed by atoms with Crippen LogP contribution in [0.1, 0.15) is 33.5 Å². The van der Waals surface area contributed by atoms with Gasteiger partial charge < -0.3 is 20.7 Å². The lowest BCUT2D eigenvalue weighted by atomic mass is 10.1. The molecule has 0 aliphatic carbocycles. The highest BCUT2D eigenvalue weighted by Crippen LogP contribution is 2.23. The molecule has 4 N–H and O–H groups in total. The van der Waals surface area contributed by atoms with Crippen molar-refractivity contribution in [2.24, 2.45) is 12.8 Å². The lowest BCUT2D eigenvalue weighted by Crippen LogP contribution is -2.23. The maximum absolute atomic E-state index is 13.3. The molecule has 0 bridgehead atoms. The Morgan fingerprint density at radius 1 is 1.42 bits per heavy atom. The van der Waals surface area contributed by atoms with Crippen LogP contribution in [0, 0.1) is 24.1 Å². The van der Waals surface area contributed by atoms with E-state index in [4.69, 9.17) is 11.0 Å². The minimum atomic E-state index is -1.25. The molecule has 1 aromatic heterocycles. The largest absolute Gasteiger partial charge is 0.368 e. The third-order valence-corrected chi connectivity index (χ3v) is 3.71. The summed E-state index contributed by atoms with van der Waals surface area (Å²) in [6, 6.07) is 6.78. The second-order valence-corrected chi connectivity index (χ2v) is 5.17. The van der Waals surface area contributed by atoms with Gasteiger partial charge in [0.1, 0.15) is 11.9 Å². The van der Waals surface area contributed by atoms with Crippen LogP contribution < -0.4 is 11.1 Å². The van der Waals surface area contributed by atoms with Crippen LogP contribution in [0.3, 0.4) is 0 Å². The molecule has 1 aromatic carbocycles. The topological polar surface area (TPSA) is 121 Å². The fourth-order valence-electron chi connectivity index (χ4n) is 2.28. The van der Waals surface area contributed by atoms with Gasteiger partial charge in [0.25, 0.3) is 11.7 Å². The van der Waals surface area contributed by atoms with E-state index in [1.54, 1.807) is 20.0 Å². The molecule has 0 fully saturated rings. The maximum Gasteiger partial charge on any atom is 0.289 e. The van der Waals surface area contributed by atoms with E-state index in [-0.39, 0.29) is 11.1 Å². The predicted octanol–water partition coefficient (Wildman–Crippen LogP) is 1.12. The number of carbonyl (C=O) groups excluding carboxylic acids is 2. The number of carbonyl (C=O) groups is 2. The summed E-state index contributed by atoms with van der Waals surface area (Å²) in [4.78, 5) is 22.8. The normalized spacial score (nSPS) is 11.6. The molecule has 8 heteroatoms. The van der Waals surface area contributed by atoms with Gasteiger partial charge in [0, 0.05) is 24.0 Å². The van der Waals surface area contributed by atoms with Crippen LogP contribution in [-0.2, 0) is 11.8 Å². The zero-order valence-electron chi connectivity index (χ0n) is 13.0. The third-order valence-electron chi connectivity index (χ3n) is 3.71. The fourth-order valence-corrected chi connectivity index (χ4v) is 2.28. The van der Waals surface area contributed by atoms with E-state index in [9.17, 15) is 19.1 Å². The molecule has 0 aliphatic heterocycles. The average Bonchev–Trinajstić information content (AvgIpc) is 2.84. The Kier molecular flexibility index (Phi) is 4.66. The summed E-state index contributed by atoms with van der Waals surface area (Å²) < 4.78 is 14.8. The standard InChI is InChI=1S/C16H15FN4O3/c1-8-11(14(22)15(19)23)6-13(21(8)2)16(24)20-10-3-4-12(17)9(5-10)7-18/h3-6,16,20,24H,1-2H3,(H2,19,23). The van der Waals surface area contributed by atoms with Crippen molar-refractivity contribution in [1.29, 1.82) is 5.26 Å². The third kappa shape index (κ3) is 3.11. The van der Waals surface area contributed by atoms with E-state index >= 15 is 0 Å². The summed E-state index contributed by atoms with van der Waals surface area (Å²) in [5.74, 6) is -2.61. The highest BCUT2D eigenvalue weighted by atomic mass is 19.1. The molecule has 2 rings (SSSR count). The number of amides is 1. The number of aliphatic hydroxyl groups is 1. The van der Waals surface area contributed by atoms with E-state index in [2.05, 4.69) is 5.32 Å². The smallest absolute Gasteiger partial charge is 0.289 e. The summed E-state index contributed by atoms with van der Waals surface area (Å²) in [7, 11) is 1.61.